The van der Waals surface area contributed by atoms with E-state index in [2.05, 4.69) is 152 Å². The van der Waals surface area contributed by atoms with E-state index in [0.29, 0.717) is 5.84 Å². The van der Waals surface area contributed by atoms with E-state index >= 15 is 0 Å². The molecule has 0 saturated carbocycles. The van der Waals surface area contributed by atoms with Crippen molar-refractivity contribution in [2.45, 2.75) is 0 Å². The van der Waals surface area contributed by atoms with Crippen LogP contribution >= 0.6 is 11.3 Å². The molecule has 1 N–H and O–H groups in total. The highest BCUT2D eigenvalue weighted by atomic mass is 32.1. The Balaban J connectivity index is 1.17. The predicted octanol–water partition coefficient (Wildman–Crippen LogP) is 13.7. The zero-order valence-corrected chi connectivity index (χ0v) is 30.6. The maximum absolute atomic E-state index is 9.34. The van der Waals surface area contributed by atoms with Crippen molar-refractivity contribution in [2.24, 2.45) is 9.98 Å². The lowest BCUT2D eigenvalue weighted by atomic mass is 9.93. The van der Waals surface area contributed by atoms with Crippen LogP contribution in [-0.4, -0.2) is 17.9 Å². The highest BCUT2D eigenvalue weighted by Gasteiger charge is 2.17. The summed E-state index contributed by atoms with van der Waals surface area (Å²) in [6.45, 7) is 0. The Morgan fingerprint density at radius 3 is 1.98 bits per heavy atom. The first kappa shape index (κ1) is 32.6. The molecule has 3 nitrogen and oxygen atoms in total. The molecule has 0 fully saturated rings. The van der Waals surface area contributed by atoms with Gasteiger partial charge in [0, 0.05) is 48.6 Å². The maximum Gasteiger partial charge on any atom is 0.162 e. The molecule has 10 aromatic rings. The van der Waals surface area contributed by atoms with Crippen LogP contribution in [0.5, 0.6) is 0 Å². The SMILES string of the molecule is N=C(N=C(N=Cc1c2ccccc2cc2c1ccc1ccccc12)c1ccccc1-c1cccc2c1sc1ccccc12)c1ccc(-c2ccccc2)cc1. The molecule has 0 saturated heterocycles. The second kappa shape index (κ2) is 13.8. The number of benzene rings is 9. The van der Waals surface area contributed by atoms with Gasteiger partial charge >= 0.3 is 0 Å². The van der Waals surface area contributed by atoms with Crippen molar-refractivity contribution >= 4 is 81.7 Å². The van der Waals surface area contributed by atoms with Crippen LogP contribution in [0, 0.1) is 5.41 Å². The van der Waals surface area contributed by atoms with Gasteiger partial charge < -0.3 is 0 Å². The molecule has 0 unspecified atom stereocenters. The predicted molar refractivity (Wildman–Crippen MR) is 237 cm³/mol. The van der Waals surface area contributed by atoms with E-state index in [-0.39, 0.29) is 5.84 Å². The number of thiophene rings is 1. The van der Waals surface area contributed by atoms with Crippen LogP contribution in [0.4, 0.5) is 0 Å². The van der Waals surface area contributed by atoms with E-state index in [1.165, 1.54) is 36.3 Å². The molecule has 55 heavy (non-hydrogen) atoms. The number of rotatable bonds is 5. The third-order valence-corrected chi connectivity index (χ3v) is 11.7. The standard InChI is InChI=1S/C51H33N3S/c52-50(36-27-25-34(26-28-36)33-13-2-1-3-14-33)54-51(45-21-9-8-19-40(45)43-22-12-23-44-42-20-10-11-24-48(42)55-49(43)44)53-32-47-39-18-7-5-16-37(39)31-46-38-17-6-4-15-35(38)29-30-41(46)47/h1-32,52H. The highest BCUT2D eigenvalue weighted by Crippen LogP contribution is 2.41. The smallest absolute Gasteiger partial charge is 0.162 e. The van der Waals surface area contributed by atoms with Crippen LogP contribution in [0.15, 0.2) is 198 Å². The summed E-state index contributed by atoms with van der Waals surface area (Å²) >= 11 is 1.81. The van der Waals surface area contributed by atoms with Crippen molar-refractivity contribution in [1.29, 1.82) is 5.41 Å². The molecule has 0 aliphatic heterocycles. The van der Waals surface area contributed by atoms with Crippen LogP contribution in [0.3, 0.4) is 0 Å². The van der Waals surface area contributed by atoms with Gasteiger partial charge in [0.05, 0.1) is 0 Å². The fourth-order valence-electron chi connectivity index (χ4n) is 7.77. The number of nitrogens with zero attached hydrogens (tertiary/aromatic N) is 2. The normalized spacial score (nSPS) is 12.1. The third-order valence-electron chi connectivity index (χ3n) is 10.5. The topological polar surface area (TPSA) is 48.6 Å². The van der Waals surface area contributed by atoms with Gasteiger partial charge in [0.2, 0.25) is 0 Å². The molecule has 4 heteroatoms. The molecule has 1 aromatic heterocycles. The largest absolute Gasteiger partial charge is 0.282 e. The van der Waals surface area contributed by atoms with E-state index < -0.39 is 0 Å². The van der Waals surface area contributed by atoms with Crippen LogP contribution in [0.1, 0.15) is 16.7 Å². The number of fused-ring (bicyclic) bond motifs is 7. The van der Waals surface area contributed by atoms with Crippen molar-refractivity contribution in [3.63, 3.8) is 0 Å². The first-order chi connectivity index (χ1) is 27.2. The Bertz CT molecular complexity index is 3150. The lowest BCUT2D eigenvalue weighted by molar-refractivity contribution is 1.40. The van der Waals surface area contributed by atoms with E-state index in [1.807, 2.05) is 53.9 Å². The first-order valence-corrected chi connectivity index (χ1v) is 19.2. The lowest BCUT2D eigenvalue weighted by Gasteiger charge is -2.13. The van der Waals surface area contributed by atoms with Gasteiger partial charge in [-0.3, -0.25) is 5.41 Å². The average Bonchev–Trinajstić information content (AvgIpc) is 3.64. The molecule has 0 bridgehead atoms. The Labute approximate surface area is 322 Å². The fourth-order valence-corrected chi connectivity index (χ4v) is 9.00. The van der Waals surface area contributed by atoms with Gasteiger partial charge in [-0.15, -0.1) is 11.3 Å². The Hall–Kier alpha value is -7.01. The summed E-state index contributed by atoms with van der Waals surface area (Å²) in [5.41, 5.74) is 6.98. The van der Waals surface area contributed by atoms with E-state index in [9.17, 15) is 5.41 Å². The van der Waals surface area contributed by atoms with E-state index in [0.717, 1.165) is 55.1 Å². The summed E-state index contributed by atoms with van der Waals surface area (Å²) in [5.74, 6) is 0.628. The summed E-state index contributed by atoms with van der Waals surface area (Å²) in [4.78, 5) is 10.3. The third kappa shape index (κ3) is 5.90. The minimum absolute atomic E-state index is 0.149. The lowest BCUT2D eigenvalue weighted by Crippen LogP contribution is -2.06. The number of aliphatic imine (C=N–C) groups is 2. The summed E-state index contributed by atoms with van der Waals surface area (Å²) in [5, 5.41) is 18.8. The van der Waals surface area contributed by atoms with Crippen molar-refractivity contribution in [2.75, 3.05) is 0 Å². The Kier molecular flexibility index (Phi) is 8.16. The van der Waals surface area contributed by atoms with Gasteiger partial charge in [0.1, 0.15) is 0 Å². The summed E-state index contributed by atoms with van der Waals surface area (Å²) < 4.78 is 2.48. The van der Waals surface area contributed by atoms with Crippen LogP contribution in [-0.2, 0) is 0 Å². The van der Waals surface area contributed by atoms with Gasteiger partial charge in [0.15, 0.2) is 11.7 Å². The molecule has 258 valence electrons. The van der Waals surface area contributed by atoms with Crippen molar-refractivity contribution < 1.29 is 0 Å². The van der Waals surface area contributed by atoms with Gasteiger partial charge in [-0.25, -0.2) is 9.98 Å². The van der Waals surface area contributed by atoms with Crippen molar-refractivity contribution in [3.8, 4) is 22.3 Å². The second-order valence-corrected chi connectivity index (χ2v) is 14.8. The quantitative estimate of drug-likeness (QED) is 0.0797. The molecule has 0 aliphatic rings. The second-order valence-electron chi connectivity index (χ2n) is 13.7. The van der Waals surface area contributed by atoms with Crippen molar-refractivity contribution in [1.82, 2.24) is 0 Å². The molecule has 1 heterocycles. The summed E-state index contributed by atoms with van der Waals surface area (Å²) in [7, 11) is 0. The Morgan fingerprint density at radius 1 is 0.473 bits per heavy atom. The minimum atomic E-state index is 0.149. The number of hydrogen-bond acceptors (Lipinski definition) is 2. The Morgan fingerprint density at radius 2 is 1.13 bits per heavy atom. The van der Waals surface area contributed by atoms with E-state index in [1.54, 1.807) is 0 Å². The number of hydrogen-bond donors (Lipinski definition) is 1. The van der Waals surface area contributed by atoms with Gasteiger partial charge in [-0.1, -0.05) is 176 Å². The molecular weight excluding hydrogens is 687 g/mol. The molecule has 9 aromatic carbocycles. The zero-order valence-electron chi connectivity index (χ0n) is 29.8. The zero-order chi connectivity index (χ0) is 36.7. The van der Waals surface area contributed by atoms with E-state index in [4.69, 9.17) is 9.98 Å². The minimum Gasteiger partial charge on any atom is -0.282 e. The molecule has 0 aliphatic carbocycles. The van der Waals surface area contributed by atoms with Crippen LogP contribution in [0.25, 0.3) is 74.7 Å². The number of nitrogens with one attached hydrogen (secondary N) is 1. The highest BCUT2D eigenvalue weighted by molar-refractivity contribution is 7.26. The van der Waals surface area contributed by atoms with Gasteiger partial charge in [-0.2, -0.15) is 0 Å². The number of amidine groups is 2. The summed E-state index contributed by atoms with van der Waals surface area (Å²) in [6.07, 6.45) is 1.96. The monoisotopic (exact) mass is 719 g/mol. The van der Waals surface area contributed by atoms with Crippen LogP contribution < -0.4 is 0 Å². The molecule has 0 atom stereocenters. The van der Waals surface area contributed by atoms with Crippen LogP contribution in [0.2, 0.25) is 0 Å². The molecule has 10 rings (SSSR count). The molecule has 0 radical (unpaired) electrons. The fraction of sp³-hybridized carbons (Fsp3) is 0. The first-order valence-electron chi connectivity index (χ1n) is 18.4. The average molecular weight is 720 g/mol. The summed E-state index contributed by atoms with van der Waals surface area (Å²) in [6, 6.07) is 65.5. The van der Waals surface area contributed by atoms with Gasteiger partial charge in [-0.05, 0) is 61.1 Å². The van der Waals surface area contributed by atoms with Crippen molar-refractivity contribution in [3.05, 3.63) is 205 Å². The molecule has 0 amide bonds. The molecular formula is C51H33N3S. The molecule has 0 spiro atoms. The van der Waals surface area contributed by atoms with Gasteiger partial charge in [0.25, 0.3) is 0 Å². The maximum atomic E-state index is 9.34.